The number of hydrogen-bond acceptors (Lipinski definition) is 6. The maximum atomic E-state index is 12.2. The number of methoxy groups -OCH3 is 2. The third kappa shape index (κ3) is 6.21. The first-order valence-corrected chi connectivity index (χ1v) is 10.1. The van der Waals surface area contributed by atoms with E-state index in [-0.39, 0.29) is 30.3 Å². The van der Waals surface area contributed by atoms with Crippen molar-refractivity contribution in [3.8, 4) is 11.5 Å². The molecule has 0 aliphatic carbocycles. The molecule has 0 saturated heterocycles. The molecule has 9 nitrogen and oxygen atoms in total. The van der Waals surface area contributed by atoms with Crippen molar-refractivity contribution in [1.29, 1.82) is 0 Å². The molecule has 31 heavy (non-hydrogen) atoms. The number of carbonyl (C=O) groups excluding carboxylic acids is 1. The molecule has 0 bridgehead atoms. The van der Waals surface area contributed by atoms with E-state index < -0.39 is 4.92 Å². The third-order valence-corrected chi connectivity index (χ3v) is 4.92. The van der Waals surface area contributed by atoms with Gasteiger partial charge in [0.25, 0.3) is 5.69 Å². The number of aryl methyl sites for hydroxylation is 1. The lowest BCUT2D eigenvalue weighted by Gasteiger charge is -2.10. The zero-order valence-electron chi connectivity index (χ0n) is 18.3. The Morgan fingerprint density at radius 1 is 1.32 bits per heavy atom. The van der Waals surface area contributed by atoms with Crippen LogP contribution >= 0.6 is 11.6 Å². The molecule has 1 aromatic carbocycles. The summed E-state index contributed by atoms with van der Waals surface area (Å²) in [5.41, 5.74) is 1.76. The Kier molecular flexibility index (Phi) is 8.44. The van der Waals surface area contributed by atoms with Gasteiger partial charge in [-0.05, 0) is 31.4 Å². The second kappa shape index (κ2) is 10.8. The molecule has 10 heteroatoms. The SMILES string of the molecule is COc1cc(CCNC(=O)/C=C/c2c(C)nn(CC(C)C)c2Cl)c([N+](=O)[O-])cc1OC. The molecule has 1 N–H and O–H groups in total. The zero-order chi connectivity index (χ0) is 23.1. The molecule has 0 atom stereocenters. The predicted octanol–water partition coefficient (Wildman–Crippen LogP) is 3.80. The van der Waals surface area contributed by atoms with Gasteiger partial charge in [-0.3, -0.25) is 19.6 Å². The van der Waals surface area contributed by atoms with E-state index in [1.54, 1.807) is 16.8 Å². The van der Waals surface area contributed by atoms with Crippen molar-refractivity contribution in [3.63, 3.8) is 0 Å². The molecule has 1 aromatic heterocycles. The number of nitro benzene ring substituents is 1. The van der Waals surface area contributed by atoms with Gasteiger partial charge in [-0.1, -0.05) is 25.4 Å². The number of amides is 1. The van der Waals surface area contributed by atoms with E-state index in [4.69, 9.17) is 21.1 Å². The highest BCUT2D eigenvalue weighted by molar-refractivity contribution is 6.31. The van der Waals surface area contributed by atoms with Crippen molar-refractivity contribution in [1.82, 2.24) is 15.1 Å². The molecule has 0 saturated carbocycles. The zero-order valence-corrected chi connectivity index (χ0v) is 19.0. The summed E-state index contributed by atoms with van der Waals surface area (Å²) in [7, 11) is 2.87. The van der Waals surface area contributed by atoms with Crippen molar-refractivity contribution >= 4 is 29.3 Å². The highest BCUT2D eigenvalue weighted by atomic mass is 35.5. The van der Waals surface area contributed by atoms with Crippen LogP contribution < -0.4 is 14.8 Å². The predicted molar refractivity (Wildman–Crippen MR) is 119 cm³/mol. The molecule has 0 aliphatic rings. The van der Waals surface area contributed by atoms with Gasteiger partial charge in [0.2, 0.25) is 5.91 Å². The Morgan fingerprint density at radius 3 is 2.55 bits per heavy atom. The average Bonchev–Trinajstić information content (AvgIpc) is 2.97. The van der Waals surface area contributed by atoms with Crippen LogP contribution in [-0.2, 0) is 17.8 Å². The van der Waals surface area contributed by atoms with Crippen LogP contribution in [0.25, 0.3) is 6.08 Å². The van der Waals surface area contributed by atoms with Crippen LogP contribution in [0.4, 0.5) is 5.69 Å². The minimum Gasteiger partial charge on any atom is -0.493 e. The number of nitro groups is 1. The van der Waals surface area contributed by atoms with E-state index in [2.05, 4.69) is 24.3 Å². The largest absolute Gasteiger partial charge is 0.493 e. The van der Waals surface area contributed by atoms with Crippen LogP contribution in [0.2, 0.25) is 5.15 Å². The van der Waals surface area contributed by atoms with Crippen LogP contribution in [0, 0.1) is 23.0 Å². The molecule has 0 aliphatic heterocycles. The summed E-state index contributed by atoms with van der Waals surface area (Å²) in [5.74, 6) is 0.709. The van der Waals surface area contributed by atoms with Gasteiger partial charge in [-0.2, -0.15) is 5.10 Å². The first kappa shape index (κ1) is 24.2. The maximum absolute atomic E-state index is 12.2. The first-order valence-electron chi connectivity index (χ1n) is 9.76. The minimum atomic E-state index is -0.487. The van der Waals surface area contributed by atoms with E-state index in [0.717, 1.165) is 5.69 Å². The Labute approximate surface area is 186 Å². The lowest BCUT2D eigenvalue weighted by molar-refractivity contribution is -0.385. The van der Waals surface area contributed by atoms with Crippen LogP contribution in [-0.4, -0.2) is 41.4 Å². The van der Waals surface area contributed by atoms with Crippen molar-refractivity contribution in [2.24, 2.45) is 5.92 Å². The van der Waals surface area contributed by atoms with Gasteiger partial charge < -0.3 is 14.8 Å². The number of rotatable bonds is 10. The highest BCUT2D eigenvalue weighted by Crippen LogP contribution is 2.34. The number of nitrogens with zero attached hydrogens (tertiary/aromatic N) is 3. The molecular formula is C21H27ClN4O5. The van der Waals surface area contributed by atoms with Gasteiger partial charge >= 0.3 is 0 Å². The molecule has 1 amide bonds. The normalized spacial score (nSPS) is 11.2. The van der Waals surface area contributed by atoms with Gasteiger partial charge in [-0.25, -0.2) is 0 Å². The van der Waals surface area contributed by atoms with Crippen molar-refractivity contribution in [2.75, 3.05) is 20.8 Å². The fourth-order valence-corrected chi connectivity index (χ4v) is 3.35. The molecule has 0 spiro atoms. The molecule has 1 heterocycles. The minimum absolute atomic E-state index is 0.0950. The highest BCUT2D eigenvalue weighted by Gasteiger charge is 2.19. The Morgan fingerprint density at radius 2 is 1.97 bits per heavy atom. The summed E-state index contributed by atoms with van der Waals surface area (Å²) >= 11 is 6.37. The summed E-state index contributed by atoms with van der Waals surface area (Å²) < 4.78 is 12.0. The van der Waals surface area contributed by atoms with Gasteiger partial charge in [0, 0.05) is 30.3 Å². The number of carbonyl (C=O) groups is 1. The van der Waals surface area contributed by atoms with E-state index in [1.807, 2.05) is 6.92 Å². The van der Waals surface area contributed by atoms with Crippen LogP contribution in [0.1, 0.15) is 30.7 Å². The summed E-state index contributed by atoms with van der Waals surface area (Å²) in [6, 6.07) is 2.86. The Hall–Kier alpha value is -3.07. The fourth-order valence-electron chi connectivity index (χ4n) is 3.04. The number of hydrogen-bond donors (Lipinski definition) is 1. The molecule has 0 radical (unpaired) electrons. The molecule has 2 aromatic rings. The molecule has 0 unspecified atom stereocenters. The van der Waals surface area contributed by atoms with Crippen molar-refractivity contribution < 1.29 is 19.2 Å². The third-order valence-electron chi connectivity index (χ3n) is 4.52. The topological polar surface area (TPSA) is 109 Å². The fraction of sp³-hybridized carbons (Fsp3) is 0.429. The standard InChI is InChI=1S/C21H27ClN4O5/c1-13(2)12-25-21(22)16(14(3)24-25)6-7-20(27)23-9-8-15-10-18(30-4)19(31-5)11-17(15)26(28)29/h6-7,10-11,13H,8-9,12H2,1-5H3,(H,23,27)/b7-6+. The number of aromatic nitrogens is 2. The number of nitrogens with one attached hydrogen (secondary N) is 1. The van der Waals surface area contributed by atoms with Gasteiger partial charge in [0.1, 0.15) is 5.15 Å². The molecule has 2 rings (SSSR count). The number of benzene rings is 1. The summed E-state index contributed by atoms with van der Waals surface area (Å²) in [6.07, 6.45) is 3.25. The second-order valence-electron chi connectivity index (χ2n) is 7.33. The molecule has 0 fully saturated rings. The van der Waals surface area contributed by atoms with E-state index >= 15 is 0 Å². The number of halogens is 1. The van der Waals surface area contributed by atoms with Gasteiger partial charge in [0.15, 0.2) is 11.5 Å². The number of ether oxygens (including phenoxy) is 2. The monoisotopic (exact) mass is 450 g/mol. The van der Waals surface area contributed by atoms with E-state index in [1.165, 1.54) is 26.4 Å². The van der Waals surface area contributed by atoms with Crippen LogP contribution in [0.3, 0.4) is 0 Å². The maximum Gasteiger partial charge on any atom is 0.276 e. The van der Waals surface area contributed by atoms with Crippen LogP contribution in [0.15, 0.2) is 18.2 Å². The Balaban J connectivity index is 2.05. The second-order valence-corrected chi connectivity index (χ2v) is 7.69. The van der Waals surface area contributed by atoms with E-state index in [0.29, 0.717) is 34.5 Å². The molecule has 168 valence electrons. The lowest BCUT2D eigenvalue weighted by atomic mass is 10.1. The van der Waals surface area contributed by atoms with Crippen molar-refractivity contribution in [2.45, 2.75) is 33.7 Å². The summed E-state index contributed by atoms with van der Waals surface area (Å²) in [5, 5.41) is 19.0. The Bertz CT molecular complexity index is 985. The summed E-state index contributed by atoms with van der Waals surface area (Å²) in [4.78, 5) is 23.1. The van der Waals surface area contributed by atoms with Crippen LogP contribution in [0.5, 0.6) is 11.5 Å². The van der Waals surface area contributed by atoms with Gasteiger partial charge in [0.05, 0.1) is 30.9 Å². The van der Waals surface area contributed by atoms with Crippen molar-refractivity contribution in [3.05, 3.63) is 50.3 Å². The quantitative estimate of drug-likeness (QED) is 0.335. The molecular weight excluding hydrogens is 424 g/mol. The average molecular weight is 451 g/mol. The van der Waals surface area contributed by atoms with Gasteiger partial charge in [-0.15, -0.1) is 0 Å². The lowest BCUT2D eigenvalue weighted by Crippen LogP contribution is -2.23. The summed E-state index contributed by atoms with van der Waals surface area (Å²) in [6.45, 7) is 6.86. The van der Waals surface area contributed by atoms with E-state index in [9.17, 15) is 14.9 Å². The smallest absolute Gasteiger partial charge is 0.276 e. The first-order chi connectivity index (χ1) is 14.7.